The number of nitrogens with one attached hydrogen (secondary N) is 1. The first kappa shape index (κ1) is 27.9. The van der Waals surface area contributed by atoms with Crippen LogP contribution in [0.15, 0.2) is 35.9 Å². The number of anilines is 1. The number of allylic oxidation sites excluding steroid dienone is 1. The summed E-state index contributed by atoms with van der Waals surface area (Å²) in [7, 11) is 3.32. The number of carbonyl (C=O) groups excluding carboxylic acids is 3. The zero-order chi connectivity index (χ0) is 25.1. The molecule has 0 fully saturated rings. The van der Waals surface area contributed by atoms with Crippen molar-refractivity contribution in [1.29, 1.82) is 0 Å². The van der Waals surface area contributed by atoms with Crippen molar-refractivity contribution in [2.75, 3.05) is 25.5 Å². The molecule has 0 saturated heterocycles. The highest BCUT2D eigenvalue weighted by atomic mass is 16.4. The van der Waals surface area contributed by atoms with Gasteiger partial charge in [-0.1, -0.05) is 39.0 Å². The summed E-state index contributed by atoms with van der Waals surface area (Å²) in [5.74, 6) is -3.11. The monoisotopic (exact) mass is 459 g/mol. The van der Waals surface area contributed by atoms with Crippen molar-refractivity contribution in [2.24, 2.45) is 5.92 Å². The highest BCUT2D eigenvalue weighted by Gasteiger charge is 2.30. The summed E-state index contributed by atoms with van der Waals surface area (Å²) in [6, 6.07) is 5.78. The fraction of sp³-hybridized carbons (Fsp3) is 0.520. The van der Waals surface area contributed by atoms with Crippen molar-refractivity contribution >= 4 is 29.4 Å². The van der Waals surface area contributed by atoms with Crippen molar-refractivity contribution in [1.82, 2.24) is 10.2 Å². The third-order valence-electron chi connectivity index (χ3n) is 5.49. The number of carboxylic acid groups (broad SMARTS) is 1. The molecule has 0 saturated carbocycles. The lowest BCUT2D eigenvalue weighted by molar-refractivity contribution is -0.146. The molecular formula is C25H37N3O5. The molecule has 0 radical (unpaired) electrons. The van der Waals surface area contributed by atoms with E-state index in [1.807, 2.05) is 19.9 Å². The van der Waals surface area contributed by atoms with Gasteiger partial charge in [-0.2, -0.15) is 0 Å². The molecule has 3 amide bonds. The van der Waals surface area contributed by atoms with E-state index in [-0.39, 0.29) is 24.7 Å². The minimum Gasteiger partial charge on any atom is -0.480 e. The first-order valence-corrected chi connectivity index (χ1v) is 11.4. The number of nitrogens with zero attached hydrogens (tertiary/aromatic N) is 2. The molecule has 0 aliphatic carbocycles. The van der Waals surface area contributed by atoms with Crippen LogP contribution in [0, 0.1) is 5.92 Å². The maximum atomic E-state index is 12.7. The Morgan fingerprint density at radius 1 is 1.06 bits per heavy atom. The van der Waals surface area contributed by atoms with E-state index in [1.165, 1.54) is 9.80 Å². The molecule has 0 aliphatic rings. The Kier molecular flexibility index (Phi) is 11.3. The normalized spacial score (nSPS) is 13.1. The first-order chi connectivity index (χ1) is 15.6. The van der Waals surface area contributed by atoms with Crippen LogP contribution in [0.3, 0.4) is 0 Å². The summed E-state index contributed by atoms with van der Waals surface area (Å²) in [6.07, 6.45) is 3.74. The summed E-state index contributed by atoms with van der Waals surface area (Å²) >= 11 is 0. The zero-order valence-electron chi connectivity index (χ0n) is 20.6. The Bertz CT molecular complexity index is 863. The number of carboxylic acids is 1. The molecule has 1 aromatic carbocycles. The fourth-order valence-corrected chi connectivity index (χ4v) is 3.52. The second-order valence-corrected chi connectivity index (χ2v) is 8.15. The van der Waals surface area contributed by atoms with Crippen LogP contribution in [-0.2, 0) is 25.6 Å². The van der Waals surface area contributed by atoms with Crippen molar-refractivity contribution in [3.05, 3.63) is 41.5 Å². The van der Waals surface area contributed by atoms with E-state index in [1.54, 1.807) is 52.2 Å². The third kappa shape index (κ3) is 8.04. The Hall–Kier alpha value is -3.16. The SMILES string of the molecule is CC/C=C(\C)C(=O)N(C)c1ccc(CC(NC(=O)C(CC)C(=O)N(C)CCC)C(=O)O)cc1. The van der Waals surface area contributed by atoms with Gasteiger partial charge in [-0.25, -0.2) is 4.79 Å². The highest BCUT2D eigenvalue weighted by Crippen LogP contribution is 2.18. The largest absolute Gasteiger partial charge is 0.480 e. The van der Waals surface area contributed by atoms with Crippen LogP contribution in [-0.4, -0.2) is 60.4 Å². The molecule has 0 heterocycles. The quantitative estimate of drug-likeness (QED) is 0.369. The van der Waals surface area contributed by atoms with Gasteiger partial charge < -0.3 is 20.2 Å². The number of amides is 3. The molecule has 0 bridgehead atoms. The number of hydrogen-bond donors (Lipinski definition) is 2. The van der Waals surface area contributed by atoms with Gasteiger partial charge in [0.25, 0.3) is 5.91 Å². The number of benzene rings is 1. The minimum atomic E-state index is -1.18. The summed E-state index contributed by atoms with van der Waals surface area (Å²) in [4.78, 5) is 52.5. The van der Waals surface area contributed by atoms with Gasteiger partial charge in [0, 0.05) is 38.3 Å². The number of hydrogen-bond acceptors (Lipinski definition) is 4. The van der Waals surface area contributed by atoms with Crippen molar-refractivity contribution in [2.45, 2.75) is 59.4 Å². The Morgan fingerprint density at radius 3 is 2.15 bits per heavy atom. The maximum absolute atomic E-state index is 12.7. The number of rotatable bonds is 12. The van der Waals surface area contributed by atoms with Crippen molar-refractivity contribution in [3.63, 3.8) is 0 Å². The zero-order valence-corrected chi connectivity index (χ0v) is 20.6. The predicted octanol–water partition coefficient (Wildman–Crippen LogP) is 3.01. The standard InChI is InChI=1S/C25H37N3O5/c1-7-10-17(4)23(30)28(6)19-13-11-18(12-14-19)16-21(25(32)33)26-22(29)20(9-3)24(31)27(5)15-8-2/h10-14,20-21H,7-9,15-16H2,1-6H3,(H,26,29)(H,32,33)/b17-10+. The van der Waals surface area contributed by atoms with Crippen LogP contribution < -0.4 is 10.2 Å². The molecule has 0 aliphatic heterocycles. The molecule has 182 valence electrons. The first-order valence-electron chi connectivity index (χ1n) is 11.4. The summed E-state index contributed by atoms with van der Waals surface area (Å²) in [6.45, 7) is 7.93. The average molecular weight is 460 g/mol. The molecule has 2 unspecified atom stereocenters. The molecule has 1 aromatic rings. The van der Waals surface area contributed by atoms with Gasteiger partial charge in [0.15, 0.2) is 0 Å². The smallest absolute Gasteiger partial charge is 0.326 e. The van der Waals surface area contributed by atoms with E-state index in [2.05, 4.69) is 5.32 Å². The predicted molar refractivity (Wildman–Crippen MR) is 129 cm³/mol. The molecule has 0 aromatic heterocycles. The van der Waals surface area contributed by atoms with Gasteiger partial charge >= 0.3 is 5.97 Å². The van der Waals surface area contributed by atoms with Gasteiger partial charge in [0.2, 0.25) is 11.8 Å². The van der Waals surface area contributed by atoms with E-state index in [0.29, 0.717) is 23.4 Å². The Balaban J connectivity index is 2.91. The summed E-state index contributed by atoms with van der Waals surface area (Å²) in [5, 5.41) is 12.1. The molecule has 33 heavy (non-hydrogen) atoms. The lowest BCUT2D eigenvalue weighted by Gasteiger charge is -2.24. The molecule has 1 rings (SSSR count). The van der Waals surface area contributed by atoms with Crippen LogP contribution in [0.5, 0.6) is 0 Å². The summed E-state index contributed by atoms with van der Waals surface area (Å²) < 4.78 is 0. The van der Waals surface area contributed by atoms with Crippen molar-refractivity contribution in [3.8, 4) is 0 Å². The molecule has 8 heteroatoms. The number of likely N-dealkylation sites (N-methyl/N-ethyl adjacent to an activating group) is 1. The van der Waals surface area contributed by atoms with E-state index >= 15 is 0 Å². The van der Waals surface area contributed by atoms with Crippen molar-refractivity contribution < 1.29 is 24.3 Å². The summed E-state index contributed by atoms with van der Waals surface area (Å²) in [5.41, 5.74) is 2.03. The Morgan fingerprint density at radius 2 is 1.67 bits per heavy atom. The van der Waals surface area contributed by atoms with E-state index in [4.69, 9.17) is 0 Å². The van der Waals surface area contributed by atoms with Gasteiger partial charge in [-0.05, 0) is 43.9 Å². The van der Waals surface area contributed by atoms with Crippen LogP contribution >= 0.6 is 0 Å². The van der Waals surface area contributed by atoms with Crippen LogP contribution in [0.1, 0.15) is 52.5 Å². The molecule has 2 N–H and O–H groups in total. The molecular weight excluding hydrogens is 422 g/mol. The van der Waals surface area contributed by atoms with Gasteiger partial charge in [0.05, 0.1) is 0 Å². The number of carbonyl (C=O) groups is 4. The van der Waals surface area contributed by atoms with Crippen LogP contribution in [0.4, 0.5) is 5.69 Å². The minimum absolute atomic E-state index is 0.0587. The lowest BCUT2D eigenvalue weighted by atomic mass is 10.0. The van der Waals surface area contributed by atoms with E-state index in [9.17, 15) is 24.3 Å². The highest BCUT2D eigenvalue weighted by molar-refractivity contribution is 6.04. The molecule has 2 atom stereocenters. The van der Waals surface area contributed by atoms with Crippen LogP contribution in [0.2, 0.25) is 0 Å². The van der Waals surface area contributed by atoms with Gasteiger partial charge in [0.1, 0.15) is 12.0 Å². The van der Waals surface area contributed by atoms with E-state index in [0.717, 1.165) is 12.8 Å². The topological polar surface area (TPSA) is 107 Å². The second-order valence-electron chi connectivity index (χ2n) is 8.15. The third-order valence-corrected chi connectivity index (χ3v) is 5.49. The van der Waals surface area contributed by atoms with Gasteiger partial charge in [-0.15, -0.1) is 0 Å². The van der Waals surface area contributed by atoms with E-state index < -0.39 is 23.8 Å². The second kappa shape index (κ2) is 13.4. The van der Waals surface area contributed by atoms with Crippen LogP contribution in [0.25, 0.3) is 0 Å². The van der Waals surface area contributed by atoms with Gasteiger partial charge in [-0.3, -0.25) is 14.4 Å². The fourth-order valence-electron chi connectivity index (χ4n) is 3.52. The number of aliphatic carboxylic acids is 1. The molecule has 8 nitrogen and oxygen atoms in total. The average Bonchev–Trinajstić information content (AvgIpc) is 2.78. The Labute approximate surface area is 196 Å². The molecule has 0 spiro atoms. The lowest BCUT2D eigenvalue weighted by Crippen LogP contribution is -2.48. The maximum Gasteiger partial charge on any atom is 0.326 e.